The van der Waals surface area contributed by atoms with Gasteiger partial charge in [0.25, 0.3) is 0 Å². The highest BCUT2D eigenvalue weighted by molar-refractivity contribution is 6.14. The molecule has 0 radical (unpaired) electrons. The van der Waals surface area contributed by atoms with E-state index < -0.39 is 5.60 Å². The second-order valence-corrected chi connectivity index (χ2v) is 8.39. The van der Waals surface area contributed by atoms with Crippen LogP contribution in [-0.4, -0.2) is 24.0 Å². The van der Waals surface area contributed by atoms with Crippen LogP contribution in [0.1, 0.15) is 37.5 Å². The number of nitrogens with zero attached hydrogens (tertiary/aromatic N) is 2. The van der Waals surface area contributed by atoms with Crippen molar-refractivity contribution in [3.63, 3.8) is 0 Å². The SMILES string of the molecule is CC(C)(C)OC(=O)N1CCc2ccc(N=C(c3ccccc3)c3ccccc3)cc21. The summed E-state index contributed by atoms with van der Waals surface area (Å²) < 4.78 is 5.59. The van der Waals surface area contributed by atoms with Gasteiger partial charge < -0.3 is 4.74 Å². The predicted octanol–water partition coefficient (Wildman–Crippen LogP) is 6.15. The van der Waals surface area contributed by atoms with Gasteiger partial charge in [-0.2, -0.15) is 0 Å². The second-order valence-electron chi connectivity index (χ2n) is 8.39. The van der Waals surface area contributed by atoms with Crippen LogP contribution in [0, 0.1) is 0 Å². The van der Waals surface area contributed by atoms with E-state index in [1.807, 2.05) is 69.3 Å². The Balaban J connectivity index is 1.73. The van der Waals surface area contributed by atoms with E-state index in [-0.39, 0.29) is 6.09 Å². The van der Waals surface area contributed by atoms with Crippen molar-refractivity contribution in [1.82, 2.24) is 0 Å². The summed E-state index contributed by atoms with van der Waals surface area (Å²) in [7, 11) is 0. The Kier molecular flexibility index (Phi) is 5.40. The van der Waals surface area contributed by atoms with Crippen LogP contribution in [0.2, 0.25) is 0 Å². The average Bonchev–Trinajstić information content (AvgIpc) is 3.15. The van der Waals surface area contributed by atoms with Gasteiger partial charge >= 0.3 is 6.09 Å². The molecule has 0 aliphatic carbocycles. The molecule has 0 saturated heterocycles. The van der Waals surface area contributed by atoms with Crippen molar-refractivity contribution in [2.45, 2.75) is 32.8 Å². The summed E-state index contributed by atoms with van der Waals surface area (Å²) in [6.07, 6.45) is 0.511. The summed E-state index contributed by atoms with van der Waals surface area (Å²) >= 11 is 0. The number of aliphatic imine (C=N–C) groups is 1. The summed E-state index contributed by atoms with van der Waals surface area (Å²) in [5.41, 5.74) is 5.31. The molecule has 0 unspecified atom stereocenters. The molecule has 0 spiro atoms. The zero-order chi connectivity index (χ0) is 21.1. The molecule has 4 rings (SSSR count). The van der Waals surface area contributed by atoms with Crippen molar-refractivity contribution < 1.29 is 9.53 Å². The maximum atomic E-state index is 12.7. The van der Waals surface area contributed by atoms with Gasteiger partial charge in [0.15, 0.2) is 0 Å². The van der Waals surface area contributed by atoms with Gasteiger partial charge in [0.05, 0.1) is 17.1 Å². The summed E-state index contributed by atoms with van der Waals surface area (Å²) in [5, 5.41) is 0. The van der Waals surface area contributed by atoms with E-state index in [9.17, 15) is 4.79 Å². The van der Waals surface area contributed by atoms with Crippen LogP contribution in [-0.2, 0) is 11.2 Å². The molecule has 30 heavy (non-hydrogen) atoms. The van der Waals surface area contributed by atoms with Gasteiger partial charge in [-0.3, -0.25) is 4.90 Å². The molecule has 1 heterocycles. The van der Waals surface area contributed by atoms with Crippen LogP contribution in [0.4, 0.5) is 16.2 Å². The van der Waals surface area contributed by atoms with E-state index >= 15 is 0 Å². The smallest absolute Gasteiger partial charge is 0.414 e. The fourth-order valence-corrected chi connectivity index (χ4v) is 3.56. The molecule has 4 heteroatoms. The lowest BCUT2D eigenvalue weighted by molar-refractivity contribution is 0.0584. The molecule has 0 bridgehead atoms. The van der Waals surface area contributed by atoms with Crippen molar-refractivity contribution in [3.8, 4) is 0 Å². The van der Waals surface area contributed by atoms with Gasteiger partial charge in [0.1, 0.15) is 5.60 Å². The van der Waals surface area contributed by atoms with Gasteiger partial charge in [-0.15, -0.1) is 0 Å². The number of benzene rings is 3. The van der Waals surface area contributed by atoms with E-state index in [0.717, 1.165) is 40.2 Å². The number of carbonyl (C=O) groups excluding carboxylic acids is 1. The van der Waals surface area contributed by atoms with Crippen molar-refractivity contribution >= 4 is 23.2 Å². The fourth-order valence-electron chi connectivity index (χ4n) is 3.56. The lowest BCUT2D eigenvalue weighted by Crippen LogP contribution is -2.35. The fraction of sp³-hybridized carbons (Fsp3) is 0.231. The molecule has 0 fully saturated rings. The number of amides is 1. The first-order chi connectivity index (χ1) is 14.4. The van der Waals surface area contributed by atoms with E-state index in [4.69, 9.17) is 9.73 Å². The third-order valence-electron chi connectivity index (χ3n) is 4.91. The standard InChI is InChI=1S/C26H26N2O2/c1-26(2,3)30-25(29)28-17-16-19-14-15-22(18-23(19)28)27-24(20-10-6-4-7-11-20)21-12-8-5-9-13-21/h4-15,18H,16-17H2,1-3H3. The number of fused-ring (bicyclic) bond motifs is 1. The van der Waals surface area contributed by atoms with E-state index in [1.54, 1.807) is 4.90 Å². The van der Waals surface area contributed by atoms with Crippen molar-refractivity contribution in [2.24, 2.45) is 4.99 Å². The van der Waals surface area contributed by atoms with Crippen LogP contribution in [0.5, 0.6) is 0 Å². The Labute approximate surface area is 177 Å². The quantitative estimate of drug-likeness (QED) is 0.496. The predicted molar refractivity (Wildman–Crippen MR) is 122 cm³/mol. The first kappa shape index (κ1) is 19.9. The Morgan fingerprint density at radius 2 is 1.50 bits per heavy atom. The number of hydrogen-bond acceptors (Lipinski definition) is 3. The minimum atomic E-state index is -0.524. The number of carbonyl (C=O) groups is 1. The van der Waals surface area contributed by atoms with Gasteiger partial charge in [-0.1, -0.05) is 66.7 Å². The highest BCUT2D eigenvalue weighted by Crippen LogP contribution is 2.33. The van der Waals surface area contributed by atoms with Crippen LogP contribution in [0.15, 0.2) is 83.9 Å². The van der Waals surface area contributed by atoms with Gasteiger partial charge in [-0.25, -0.2) is 9.79 Å². The first-order valence-electron chi connectivity index (χ1n) is 10.2. The molecule has 0 N–H and O–H groups in total. The van der Waals surface area contributed by atoms with Crippen LogP contribution >= 0.6 is 0 Å². The van der Waals surface area contributed by atoms with Gasteiger partial charge in [0, 0.05) is 17.7 Å². The maximum absolute atomic E-state index is 12.7. The largest absolute Gasteiger partial charge is 0.443 e. The lowest BCUT2D eigenvalue weighted by Gasteiger charge is -2.24. The van der Waals surface area contributed by atoms with Crippen molar-refractivity contribution in [2.75, 3.05) is 11.4 Å². The molecular formula is C26H26N2O2. The van der Waals surface area contributed by atoms with E-state index in [1.165, 1.54) is 0 Å². The molecule has 4 nitrogen and oxygen atoms in total. The molecule has 0 aromatic heterocycles. The lowest BCUT2D eigenvalue weighted by atomic mass is 10.0. The highest BCUT2D eigenvalue weighted by Gasteiger charge is 2.29. The van der Waals surface area contributed by atoms with Crippen LogP contribution in [0.3, 0.4) is 0 Å². The topological polar surface area (TPSA) is 41.9 Å². The minimum Gasteiger partial charge on any atom is -0.443 e. The average molecular weight is 399 g/mol. The summed E-state index contributed by atoms with van der Waals surface area (Å²) in [4.78, 5) is 19.4. The summed E-state index contributed by atoms with van der Waals surface area (Å²) in [5.74, 6) is 0. The molecule has 3 aromatic carbocycles. The third-order valence-corrected chi connectivity index (χ3v) is 4.91. The Morgan fingerprint density at radius 3 is 2.07 bits per heavy atom. The normalized spacial score (nSPS) is 13.0. The number of anilines is 1. The Hall–Kier alpha value is -3.40. The first-order valence-corrected chi connectivity index (χ1v) is 10.2. The Morgan fingerprint density at radius 1 is 0.900 bits per heavy atom. The Bertz CT molecular complexity index is 1030. The monoisotopic (exact) mass is 398 g/mol. The van der Waals surface area contributed by atoms with Crippen LogP contribution in [0.25, 0.3) is 0 Å². The summed E-state index contributed by atoms with van der Waals surface area (Å²) in [6.45, 7) is 6.28. The molecule has 3 aromatic rings. The van der Waals surface area contributed by atoms with Crippen molar-refractivity contribution in [3.05, 3.63) is 95.6 Å². The van der Waals surface area contributed by atoms with Crippen LogP contribution < -0.4 is 4.90 Å². The number of rotatable bonds is 3. The number of ether oxygens (including phenoxy) is 1. The molecule has 1 aliphatic rings. The molecule has 1 amide bonds. The highest BCUT2D eigenvalue weighted by atomic mass is 16.6. The molecule has 1 aliphatic heterocycles. The van der Waals surface area contributed by atoms with Gasteiger partial charge in [0.2, 0.25) is 0 Å². The molecule has 0 atom stereocenters. The van der Waals surface area contributed by atoms with E-state index in [0.29, 0.717) is 6.54 Å². The number of hydrogen-bond donors (Lipinski definition) is 0. The minimum absolute atomic E-state index is 0.311. The molecule has 152 valence electrons. The zero-order valence-corrected chi connectivity index (χ0v) is 17.6. The second kappa shape index (κ2) is 8.15. The van der Waals surface area contributed by atoms with Gasteiger partial charge in [-0.05, 0) is 44.9 Å². The van der Waals surface area contributed by atoms with Crippen molar-refractivity contribution in [1.29, 1.82) is 0 Å². The van der Waals surface area contributed by atoms with E-state index in [2.05, 4.69) is 30.3 Å². The maximum Gasteiger partial charge on any atom is 0.414 e. The molecule has 0 saturated carbocycles. The third kappa shape index (κ3) is 4.43. The molecular weight excluding hydrogens is 372 g/mol. The zero-order valence-electron chi connectivity index (χ0n) is 17.6. The summed E-state index contributed by atoms with van der Waals surface area (Å²) in [6, 6.07) is 26.4.